The lowest BCUT2D eigenvalue weighted by atomic mass is 10.1. The molecule has 0 fully saturated rings. The molecule has 23 heavy (non-hydrogen) atoms. The molecule has 0 amide bonds. The summed E-state index contributed by atoms with van der Waals surface area (Å²) >= 11 is 5.91. The van der Waals surface area contributed by atoms with Crippen LogP contribution in [0.2, 0.25) is 5.02 Å². The molecule has 0 spiro atoms. The quantitative estimate of drug-likeness (QED) is 0.658. The fourth-order valence-electron chi connectivity index (χ4n) is 2.39. The van der Waals surface area contributed by atoms with Crippen molar-refractivity contribution in [2.45, 2.75) is 13.5 Å². The van der Waals surface area contributed by atoms with E-state index in [4.69, 9.17) is 16.3 Å². The number of imidazole rings is 1. The Morgan fingerprint density at radius 3 is 2.65 bits per heavy atom. The van der Waals surface area contributed by atoms with Crippen LogP contribution in [0.25, 0.3) is 5.70 Å². The van der Waals surface area contributed by atoms with Crippen molar-refractivity contribution in [1.82, 2.24) is 9.55 Å². The summed E-state index contributed by atoms with van der Waals surface area (Å²) in [6.45, 7) is 2.50. The highest BCUT2D eigenvalue weighted by molar-refractivity contribution is 6.30. The number of ether oxygens (including phenoxy) is 1. The zero-order valence-electron chi connectivity index (χ0n) is 12.8. The highest BCUT2D eigenvalue weighted by atomic mass is 35.5. The van der Waals surface area contributed by atoms with Crippen LogP contribution in [0.4, 0.5) is 0 Å². The second-order valence-electron chi connectivity index (χ2n) is 5.06. The number of aromatic nitrogens is 2. The highest BCUT2D eigenvalue weighted by Gasteiger charge is 2.09. The molecular formula is C19H17ClN2O. The van der Waals surface area contributed by atoms with Crippen molar-refractivity contribution in [3.63, 3.8) is 0 Å². The maximum atomic E-state index is 6.03. The molecule has 0 saturated carbocycles. The van der Waals surface area contributed by atoms with Crippen molar-refractivity contribution < 1.29 is 4.74 Å². The summed E-state index contributed by atoms with van der Waals surface area (Å²) in [5.41, 5.74) is 3.14. The molecule has 0 N–H and O–H groups in total. The van der Waals surface area contributed by atoms with E-state index in [9.17, 15) is 0 Å². The molecule has 0 saturated heterocycles. The minimum atomic E-state index is 0.495. The number of rotatable bonds is 5. The third-order valence-electron chi connectivity index (χ3n) is 3.53. The van der Waals surface area contributed by atoms with E-state index in [0.717, 1.165) is 27.6 Å². The maximum Gasteiger partial charge on any atom is 0.129 e. The molecule has 1 heterocycles. The van der Waals surface area contributed by atoms with Gasteiger partial charge in [-0.2, -0.15) is 0 Å². The third-order valence-corrected chi connectivity index (χ3v) is 3.78. The monoisotopic (exact) mass is 324 g/mol. The van der Waals surface area contributed by atoms with E-state index in [0.29, 0.717) is 6.61 Å². The second-order valence-corrected chi connectivity index (χ2v) is 5.49. The van der Waals surface area contributed by atoms with Gasteiger partial charge in [-0.25, -0.2) is 4.98 Å². The predicted octanol–water partition coefficient (Wildman–Crippen LogP) is 5.02. The molecule has 3 aromatic rings. The van der Waals surface area contributed by atoms with Gasteiger partial charge in [-0.05, 0) is 36.8 Å². The van der Waals surface area contributed by atoms with E-state index in [2.05, 4.69) is 4.98 Å². The summed E-state index contributed by atoms with van der Waals surface area (Å²) in [4.78, 5) is 4.12. The molecule has 0 bridgehead atoms. The summed E-state index contributed by atoms with van der Waals surface area (Å²) in [6, 6.07) is 15.7. The van der Waals surface area contributed by atoms with Gasteiger partial charge in [0.05, 0.1) is 12.0 Å². The zero-order chi connectivity index (χ0) is 16.1. The molecule has 116 valence electrons. The smallest absolute Gasteiger partial charge is 0.129 e. The summed E-state index contributed by atoms with van der Waals surface area (Å²) in [7, 11) is 0. The molecule has 0 radical (unpaired) electrons. The van der Waals surface area contributed by atoms with Crippen LogP contribution in [0.1, 0.15) is 18.1 Å². The topological polar surface area (TPSA) is 27.1 Å². The first kappa shape index (κ1) is 15.4. The molecule has 0 aliphatic heterocycles. The van der Waals surface area contributed by atoms with Crippen LogP contribution >= 0.6 is 11.6 Å². The molecule has 1 aromatic heterocycles. The third kappa shape index (κ3) is 3.63. The van der Waals surface area contributed by atoms with Gasteiger partial charge in [0.25, 0.3) is 0 Å². The van der Waals surface area contributed by atoms with Gasteiger partial charge in [0.2, 0.25) is 0 Å². The van der Waals surface area contributed by atoms with Crippen molar-refractivity contribution in [2.75, 3.05) is 0 Å². The van der Waals surface area contributed by atoms with Gasteiger partial charge in [-0.3, -0.25) is 0 Å². The van der Waals surface area contributed by atoms with Gasteiger partial charge in [-0.15, -0.1) is 0 Å². The van der Waals surface area contributed by atoms with Crippen LogP contribution in [-0.4, -0.2) is 9.55 Å². The summed E-state index contributed by atoms with van der Waals surface area (Å²) in [6.07, 6.45) is 7.52. The minimum absolute atomic E-state index is 0.495. The Morgan fingerprint density at radius 1 is 1.17 bits per heavy atom. The molecule has 0 atom stereocenters. The fourth-order valence-corrected chi connectivity index (χ4v) is 2.52. The Balaban J connectivity index is 1.84. The molecule has 0 aliphatic rings. The molecule has 3 nitrogen and oxygen atoms in total. The lowest BCUT2D eigenvalue weighted by Crippen LogP contribution is -2.01. The summed E-state index contributed by atoms with van der Waals surface area (Å²) in [5, 5.41) is 0.727. The standard InChI is InChI=1S/C19H17ClN2O/c1-2-18(22-12-11-21-14-22)17-5-3-4-6-19(17)23-13-15-7-9-16(20)10-8-15/h2-12,14H,13H2,1H3. The molecular weight excluding hydrogens is 308 g/mol. The largest absolute Gasteiger partial charge is 0.488 e. The van der Waals surface area contributed by atoms with E-state index in [1.165, 1.54) is 0 Å². The Hall–Kier alpha value is -2.52. The van der Waals surface area contributed by atoms with Gasteiger partial charge >= 0.3 is 0 Å². The number of nitrogens with zero attached hydrogens (tertiary/aromatic N) is 2. The normalized spacial score (nSPS) is 11.5. The van der Waals surface area contributed by atoms with Crippen molar-refractivity contribution in [1.29, 1.82) is 0 Å². The van der Waals surface area contributed by atoms with E-state index >= 15 is 0 Å². The second kappa shape index (κ2) is 7.16. The Labute approximate surface area is 140 Å². The van der Waals surface area contributed by atoms with Crippen molar-refractivity contribution >= 4 is 17.3 Å². The average Bonchev–Trinajstić information content (AvgIpc) is 3.10. The predicted molar refractivity (Wildman–Crippen MR) is 93.5 cm³/mol. The van der Waals surface area contributed by atoms with Crippen molar-refractivity contribution in [2.24, 2.45) is 0 Å². The van der Waals surface area contributed by atoms with Crippen LogP contribution in [0.3, 0.4) is 0 Å². The highest BCUT2D eigenvalue weighted by Crippen LogP contribution is 2.28. The molecule has 3 rings (SSSR count). The average molecular weight is 325 g/mol. The fraction of sp³-hybridized carbons (Fsp3) is 0.105. The Bertz CT molecular complexity index is 793. The SMILES string of the molecule is CC=C(c1ccccc1OCc1ccc(Cl)cc1)n1ccnc1. The lowest BCUT2D eigenvalue weighted by molar-refractivity contribution is 0.305. The van der Waals surface area contributed by atoms with Crippen LogP contribution in [0.15, 0.2) is 73.3 Å². The van der Waals surface area contributed by atoms with E-state index in [1.54, 1.807) is 12.5 Å². The van der Waals surface area contributed by atoms with E-state index < -0.39 is 0 Å². The van der Waals surface area contributed by atoms with E-state index in [1.807, 2.05) is 72.3 Å². The van der Waals surface area contributed by atoms with E-state index in [-0.39, 0.29) is 0 Å². The minimum Gasteiger partial charge on any atom is -0.488 e. The maximum absolute atomic E-state index is 6.03. The van der Waals surface area contributed by atoms with Crippen LogP contribution in [0, 0.1) is 0 Å². The van der Waals surface area contributed by atoms with Gasteiger partial charge in [-0.1, -0.05) is 41.9 Å². The number of benzene rings is 2. The summed E-state index contributed by atoms with van der Waals surface area (Å²) in [5.74, 6) is 0.837. The first-order chi connectivity index (χ1) is 11.3. The van der Waals surface area contributed by atoms with Gasteiger partial charge in [0.1, 0.15) is 12.4 Å². The molecule has 0 aliphatic carbocycles. The van der Waals surface area contributed by atoms with Gasteiger partial charge in [0, 0.05) is 23.0 Å². The molecule has 4 heteroatoms. The Morgan fingerprint density at radius 2 is 1.96 bits per heavy atom. The van der Waals surface area contributed by atoms with Crippen molar-refractivity contribution in [3.05, 3.63) is 89.5 Å². The van der Waals surface area contributed by atoms with Crippen LogP contribution in [0.5, 0.6) is 5.75 Å². The van der Waals surface area contributed by atoms with Gasteiger partial charge in [0.15, 0.2) is 0 Å². The first-order valence-electron chi connectivity index (χ1n) is 7.39. The van der Waals surface area contributed by atoms with Crippen LogP contribution < -0.4 is 4.74 Å². The number of hydrogen-bond donors (Lipinski definition) is 0. The molecule has 0 unspecified atom stereocenters. The lowest BCUT2D eigenvalue weighted by Gasteiger charge is -2.14. The molecule has 2 aromatic carbocycles. The van der Waals surface area contributed by atoms with Gasteiger partial charge < -0.3 is 9.30 Å². The number of allylic oxidation sites excluding steroid dienone is 1. The van der Waals surface area contributed by atoms with Crippen molar-refractivity contribution in [3.8, 4) is 5.75 Å². The summed E-state index contributed by atoms with van der Waals surface area (Å²) < 4.78 is 8.00. The Kier molecular flexibility index (Phi) is 4.79. The number of hydrogen-bond acceptors (Lipinski definition) is 2. The first-order valence-corrected chi connectivity index (χ1v) is 7.77. The zero-order valence-corrected chi connectivity index (χ0v) is 13.6. The van der Waals surface area contributed by atoms with Crippen LogP contribution in [-0.2, 0) is 6.61 Å². The number of para-hydroxylation sites is 1. The number of halogens is 1.